The van der Waals surface area contributed by atoms with Gasteiger partial charge in [0.15, 0.2) is 29.1 Å². The maximum atomic E-state index is 12.0. The third-order valence-electron chi connectivity index (χ3n) is 4.13. The normalized spacial score (nSPS) is 12.0. The van der Waals surface area contributed by atoms with E-state index in [9.17, 15) is 24.9 Å². The van der Waals surface area contributed by atoms with Crippen molar-refractivity contribution in [1.82, 2.24) is 0 Å². The number of phenols is 2. The molecular weight excluding hydrogens is 420 g/mol. The van der Waals surface area contributed by atoms with Crippen LogP contribution < -0.4 is 9.47 Å². The van der Waals surface area contributed by atoms with Crippen LogP contribution in [0.4, 0.5) is 0 Å². The van der Waals surface area contributed by atoms with Crippen LogP contribution in [0.2, 0.25) is 0 Å². The van der Waals surface area contributed by atoms with E-state index < -0.39 is 24.6 Å². The highest BCUT2D eigenvalue weighted by molar-refractivity contribution is 5.88. The highest BCUT2D eigenvalue weighted by Crippen LogP contribution is 2.27. The molecule has 0 aliphatic carbocycles. The molecule has 0 fully saturated rings. The van der Waals surface area contributed by atoms with E-state index in [2.05, 4.69) is 0 Å². The summed E-state index contributed by atoms with van der Waals surface area (Å²) in [5, 5.41) is 28.5. The van der Waals surface area contributed by atoms with Crippen molar-refractivity contribution < 1.29 is 43.9 Å². The average Bonchev–Trinajstić information content (AvgIpc) is 2.80. The van der Waals surface area contributed by atoms with Gasteiger partial charge in [0.05, 0.1) is 20.8 Å². The van der Waals surface area contributed by atoms with E-state index in [0.29, 0.717) is 11.1 Å². The number of methoxy groups -OCH3 is 2. The maximum Gasteiger partial charge on any atom is 0.331 e. The van der Waals surface area contributed by atoms with Gasteiger partial charge in [0.2, 0.25) is 0 Å². The number of aliphatic hydroxyl groups is 1. The number of carbonyl (C=O) groups excluding carboxylic acids is 2. The fourth-order valence-electron chi connectivity index (χ4n) is 2.48. The van der Waals surface area contributed by atoms with Gasteiger partial charge in [0.25, 0.3) is 0 Å². The van der Waals surface area contributed by atoms with Crippen LogP contribution in [0.3, 0.4) is 0 Å². The molecule has 1 atom stereocenters. The second-order valence-electron chi connectivity index (χ2n) is 6.40. The number of phenolic OH excluding ortho intramolecular Hbond substituents is 2. The van der Waals surface area contributed by atoms with E-state index in [0.717, 1.165) is 12.2 Å². The molecule has 170 valence electrons. The zero-order valence-corrected chi connectivity index (χ0v) is 17.6. The third-order valence-corrected chi connectivity index (χ3v) is 4.13. The van der Waals surface area contributed by atoms with Gasteiger partial charge in [-0.15, -0.1) is 0 Å². The van der Waals surface area contributed by atoms with E-state index in [4.69, 9.17) is 18.9 Å². The lowest BCUT2D eigenvalue weighted by Gasteiger charge is -2.14. The van der Waals surface area contributed by atoms with Crippen LogP contribution in [0.1, 0.15) is 11.1 Å². The quantitative estimate of drug-likeness (QED) is 0.373. The number of rotatable bonds is 10. The van der Waals surface area contributed by atoms with E-state index in [1.165, 1.54) is 50.6 Å². The summed E-state index contributed by atoms with van der Waals surface area (Å²) in [5.41, 5.74) is 1.18. The molecule has 2 aromatic rings. The fraction of sp³-hybridized carbons (Fsp3) is 0.217. The highest BCUT2D eigenvalue weighted by atomic mass is 16.6. The minimum atomic E-state index is -1.05. The Labute approximate surface area is 184 Å². The van der Waals surface area contributed by atoms with Gasteiger partial charge in [-0.05, 0) is 47.5 Å². The zero-order valence-electron chi connectivity index (χ0n) is 17.6. The molecule has 2 rings (SSSR count). The first kappa shape index (κ1) is 24.3. The van der Waals surface area contributed by atoms with Crippen LogP contribution in [0.15, 0.2) is 48.6 Å². The van der Waals surface area contributed by atoms with E-state index >= 15 is 0 Å². The molecule has 1 unspecified atom stereocenters. The fourth-order valence-corrected chi connectivity index (χ4v) is 2.48. The molecule has 0 spiro atoms. The highest BCUT2D eigenvalue weighted by Gasteiger charge is 2.14. The standard InChI is InChI=1S/C23H24O9/c1-29-20-11-15(3-7-18(20)25)5-9-22(27)31-14-17(13-24)32-23(28)10-6-16-4-8-19(26)21(12-16)30-2/h3-12,17,24-26H,13-14H2,1-2H3/b9-5+,10-6+. The van der Waals surface area contributed by atoms with E-state index in [1.807, 2.05) is 0 Å². The first-order valence-corrected chi connectivity index (χ1v) is 9.44. The summed E-state index contributed by atoms with van der Waals surface area (Å²) in [4.78, 5) is 23.8. The van der Waals surface area contributed by atoms with E-state index in [1.54, 1.807) is 12.1 Å². The SMILES string of the molecule is COc1cc(/C=C/C(=O)OCC(CO)OC(=O)/C=C/c2ccc(O)c(OC)c2)ccc1O. The molecule has 3 N–H and O–H groups in total. The predicted molar refractivity (Wildman–Crippen MR) is 115 cm³/mol. The van der Waals surface area contributed by atoms with Crippen molar-refractivity contribution in [2.24, 2.45) is 0 Å². The smallest absolute Gasteiger partial charge is 0.331 e. The van der Waals surface area contributed by atoms with Crippen molar-refractivity contribution in [3.05, 3.63) is 59.7 Å². The second-order valence-corrected chi connectivity index (χ2v) is 6.40. The molecule has 0 aromatic heterocycles. The Kier molecular flexibility index (Phi) is 9.12. The van der Waals surface area contributed by atoms with Crippen molar-refractivity contribution in [2.75, 3.05) is 27.4 Å². The molecule has 32 heavy (non-hydrogen) atoms. The molecule has 0 aliphatic rings. The number of benzene rings is 2. The zero-order chi connectivity index (χ0) is 23.5. The maximum absolute atomic E-state index is 12.0. The number of esters is 2. The Morgan fingerprint density at radius 2 is 1.38 bits per heavy atom. The third kappa shape index (κ3) is 7.37. The van der Waals surface area contributed by atoms with Crippen molar-refractivity contribution in [1.29, 1.82) is 0 Å². The number of ether oxygens (including phenoxy) is 4. The predicted octanol–water partition coefficient (Wildman–Crippen LogP) is 2.29. The Balaban J connectivity index is 1.86. The van der Waals surface area contributed by atoms with Crippen LogP contribution in [0.25, 0.3) is 12.2 Å². The number of aliphatic hydroxyl groups excluding tert-OH is 1. The molecule has 0 radical (unpaired) electrons. The van der Waals surface area contributed by atoms with Gasteiger partial charge in [-0.2, -0.15) is 0 Å². The van der Waals surface area contributed by atoms with Crippen LogP contribution >= 0.6 is 0 Å². The van der Waals surface area contributed by atoms with Gasteiger partial charge in [-0.25, -0.2) is 9.59 Å². The van der Waals surface area contributed by atoms with Gasteiger partial charge in [-0.1, -0.05) is 12.1 Å². The topological polar surface area (TPSA) is 132 Å². The Morgan fingerprint density at radius 3 is 1.84 bits per heavy atom. The van der Waals surface area contributed by atoms with Crippen molar-refractivity contribution in [3.8, 4) is 23.0 Å². The minimum Gasteiger partial charge on any atom is -0.504 e. The van der Waals surface area contributed by atoms with Crippen molar-refractivity contribution in [3.63, 3.8) is 0 Å². The van der Waals surface area contributed by atoms with Crippen LogP contribution in [0, 0.1) is 0 Å². The summed E-state index contributed by atoms with van der Waals surface area (Å²) in [6, 6.07) is 9.06. The van der Waals surface area contributed by atoms with Crippen molar-refractivity contribution >= 4 is 24.1 Å². The Morgan fingerprint density at radius 1 is 0.875 bits per heavy atom. The summed E-state index contributed by atoms with van der Waals surface area (Å²) in [6.45, 7) is -0.885. The summed E-state index contributed by atoms with van der Waals surface area (Å²) < 4.78 is 20.0. The van der Waals surface area contributed by atoms with Crippen LogP contribution in [-0.2, 0) is 19.1 Å². The number of hydrogen-bond acceptors (Lipinski definition) is 9. The van der Waals surface area contributed by atoms with Crippen LogP contribution in [-0.4, -0.2) is 60.8 Å². The molecule has 0 amide bonds. The number of carbonyl (C=O) groups is 2. The van der Waals surface area contributed by atoms with Gasteiger partial charge < -0.3 is 34.3 Å². The molecule has 2 aromatic carbocycles. The number of hydrogen-bond donors (Lipinski definition) is 3. The van der Waals surface area contributed by atoms with Crippen LogP contribution in [0.5, 0.6) is 23.0 Å². The monoisotopic (exact) mass is 444 g/mol. The first-order valence-electron chi connectivity index (χ1n) is 9.44. The molecular formula is C23H24O9. The average molecular weight is 444 g/mol. The lowest BCUT2D eigenvalue weighted by Crippen LogP contribution is -2.27. The summed E-state index contributed by atoms with van der Waals surface area (Å²) >= 11 is 0. The summed E-state index contributed by atoms with van der Waals surface area (Å²) in [6.07, 6.45) is 4.14. The van der Waals surface area contributed by atoms with Gasteiger partial charge >= 0.3 is 11.9 Å². The molecule has 0 aliphatic heterocycles. The first-order chi connectivity index (χ1) is 15.4. The molecule has 9 nitrogen and oxygen atoms in total. The second kappa shape index (κ2) is 12.0. The molecule has 9 heteroatoms. The van der Waals surface area contributed by atoms with E-state index in [-0.39, 0.29) is 29.6 Å². The molecule has 0 bridgehead atoms. The Bertz CT molecular complexity index is 995. The lowest BCUT2D eigenvalue weighted by atomic mass is 10.2. The molecule has 0 saturated carbocycles. The van der Waals surface area contributed by atoms with Crippen molar-refractivity contribution in [2.45, 2.75) is 6.10 Å². The molecule has 0 heterocycles. The summed E-state index contributed by atoms with van der Waals surface area (Å²) in [7, 11) is 2.81. The largest absolute Gasteiger partial charge is 0.504 e. The lowest BCUT2D eigenvalue weighted by molar-refractivity contribution is -0.154. The minimum absolute atomic E-state index is 0.0292. The number of aromatic hydroxyl groups is 2. The van der Waals surface area contributed by atoms with Gasteiger partial charge in [-0.3, -0.25) is 0 Å². The summed E-state index contributed by atoms with van der Waals surface area (Å²) in [5.74, 6) is -1.02. The van der Waals surface area contributed by atoms with Gasteiger partial charge in [0.1, 0.15) is 6.61 Å². The molecule has 0 saturated heterocycles. The Hall–Kier alpha value is -3.98. The van der Waals surface area contributed by atoms with Gasteiger partial charge in [0, 0.05) is 12.2 Å².